The Balaban J connectivity index is 1.82. The average molecular weight is 401 g/mol. The first-order chi connectivity index (χ1) is 13.7. The molecule has 1 fully saturated rings. The summed E-state index contributed by atoms with van der Waals surface area (Å²) in [4.78, 5) is 0. The Morgan fingerprint density at radius 3 is 2.00 bits per heavy atom. The summed E-state index contributed by atoms with van der Waals surface area (Å²) in [7, 11) is 0. The number of rotatable bonds is 17. The van der Waals surface area contributed by atoms with E-state index in [2.05, 4.69) is 19.1 Å². The van der Waals surface area contributed by atoms with E-state index in [1.54, 1.807) is 0 Å². The van der Waals surface area contributed by atoms with Gasteiger partial charge in [-0.05, 0) is 32.1 Å². The lowest BCUT2D eigenvalue weighted by Gasteiger charge is -2.35. The molecule has 5 heteroatoms. The smallest absolute Gasteiger partial charge is 0.111 e. The standard InChI is InChI=1S/C23H44O5/c1-2-3-4-5-6-7-8-9-10-11-12-13-14-15-16-17-27-19-21-23(26)22(25)20(24)18-28-21/h10-11,20-26H,2-9,12-19H2,1H3/b11-10+/t20-,21+,22+,23+/m1/s1. The van der Waals surface area contributed by atoms with Gasteiger partial charge in [0.25, 0.3) is 0 Å². The van der Waals surface area contributed by atoms with Crippen LogP contribution in [-0.4, -0.2) is 59.6 Å². The van der Waals surface area contributed by atoms with Gasteiger partial charge in [0, 0.05) is 6.61 Å². The summed E-state index contributed by atoms with van der Waals surface area (Å²) < 4.78 is 10.9. The molecule has 3 N–H and O–H groups in total. The molecule has 1 aliphatic heterocycles. The third-order valence-electron chi connectivity index (χ3n) is 5.44. The van der Waals surface area contributed by atoms with Crippen molar-refractivity contribution in [2.24, 2.45) is 0 Å². The fourth-order valence-electron chi connectivity index (χ4n) is 3.49. The Labute approximate surface area is 172 Å². The number of aliphatic hydroxyl groups is 3. The molecule has 5 nitrogen and oxygen atoms in total. The van der Waals surface area contributed by atoms with Gasteiger partial charge in [0.2, 0.25) is 0 Å². The summed E-state index contributed by atoms with van der Waals surface area (Å²) in [6.45, 7) is 3.20. The minimum absolute atomic E-state index is 0.0404. The van der Waals surface area contributed by atoms with Crippen molar-refractivity contribution in [2.75, 3.05) is 19.8 Å². The molecule has 0 spiro atoms. The highest BCUT2D eigenvalue weighted by Gasteiger charge is 2.37. The molecule has 4 atom stereocenters. The maximum absolute atomic E-state index is 9.82. The Morgan fingerprint density at radius 2 is 1.36 bits per heavy atom. The van der Waals surface area contributed by atoms with Crippen LogP contribution in [0.15, 0.2) is 12.2 Å². The molecule has 0 radical (unpaired) electrons. The van der Waals surface area contributed by atoms with Gasteiger partial charge >= 0.3 is 0 Å². The molecule has 0 aromatic carbocycles. The Bertz CT molecular complexity index is 374. The van der Waals surface area contributed by atoms with Gasteiger partial charge < -0.3 is 24.8 Å². The topological polar surface area (TPSA) is 79.2 Å². The summed E-state index contributed by atoms with van der Waals surface area (Å²) in [6, 6.07) is 0. The minimum atomic E-state index is -1.15. The van der Waals surface area contributed by atoms with Gasteiger partial charge in [0.15, 0.2) is 0 Å². The fourth-order valence-corrected chi connectivity index (χ4v) is 3.49. The van der Waals surface area contributed by atoms with Gasteiger partial charge in [0.1, 0.15) is 24.4 Å². The van der Waals surface area contributed by atoms with Gasteiger partial charge in [-0.3, -0.25) is 0 Å². The number of aliphatic hydroxyl groups excluding tert-OH is 3. The first-order valence-corrected chi connectivity index (χ1v) is 11.5. The first kappa shape index (κ1) is 25.6. The molecule has 0 amide bonds. The molecule has 1 aliphatic rings. The lowest BCUT2D eigenvalue weighted by atomic mass is 10.0. The SMILES string of the molecule is CCCCCCCCC/C=C/CCCCCCOC[C@@H]1OC[C@@H](O)[C@H](O)[C@H]1O. The number of unbranched alkanes of at least 4 members (excludes halogenated alkanes) is 11. The van der Waals surface area contributed by atoms with E-state index in [0.717, 1.165) is 12.8 Å². The maximum Gasteiger partial charge on any atom is 0.111 e. The fraction of sp³-hybridized carbons (Fsp3) is 0.913. The van der Waals surface area contributed by atoms with Crippen molar-refractivity contribution in [3.8, 4) is 0 Å². The normalized spacial score (nSPS) is 25.6. The van der Waals surface area contributed by atoms with E-state index in [1.165, 1.54) is 70.6 Å². The van der Waals surface area contributed by atoms with Crippen LogP contribution in [0.4, 0.5) is 0 Å². The lowest BCUT2D eigenvalue weighted by Crippen LogP contribution is -2.54. The van der Waals surface area contributed by atoms with Gasteiger partial charge in [-0.1, -0.05) is 70.4 Å². The third-order valence-corrected chi connectivity index (χ3v) is 5.44. The van der Waals surface area contributed by atoms with Crippen LogP contribution in [0.3, 0.4) is 0 Å². The van der Waals surface area contributed by atoms with Crippen LogP contribution < -0.4 is 0 Å². The molecule has 28 heavy (non-hydrogen) atoms. The van der Waals surface area contributed by atoms with Gasteiger partial charge in [-0.15, -0.1) is 0 Å². The maximum atomic E-state index is 9.82. The number of hydrogen-bond donors (Lipinski definition) is 3. The Morgan fingerprint density at radius 1 is 0.786 bits per heavy atom. The highest BCUT2D eigenvalue weighted by molar-refractivity contribution is 4.86. The summed E-state index contributed by atoms with van der Waals surface area (Å²) in [6.07, 6.45) is 17.4. The van der Waals surface area contributed by atoms with Crippen LogP contribution in [0.25, 0.3) is 0 Å². The molecule has 166 valence electrons. The van der Waals surface area contributed by atoms with E-state index in [4.69, 9.17) is 9.47 Å². The van der Waals surface area contributed by atoms with Crippen LogP contribution in [0, 0.1) is 0 Å². The zero-order valence-electron chi connectivity index (χ0n) is 17.9. The second-order valence-corrected chi connectivity index (χ2v) is 8.08. The number of allylic oxidation sites excluding steroid dienone is 2. The van der Waals surface area contributed by atoms with Gasteiger partial charge in [0.05, 0.1) is 13.2 Å². The Hall–Kier alpha value is -0.460. The van der Waals surface area contributed by atoms with Crippen molar-refractivity contribution in [3.63, 3.8) is 0 Å². The Kier molecular flexibility index (Phi) is 15.9. The first-order valence-electron chi connectivity index (χ1n) is 11.5. The van der Waals surface area contributed by atoms with Crippen LogP contribution in [0.2, 0.25) is 0 Å². The predicted octanol–water partition coefficient (Wildman–Crippen LogP) is 4.13. The van der Waals surface area contributed by atoms with E-state index in [1.807, 2.05) is 0 Å². The van der Waals surface area contributed by atoms with E-state index in [9.17, 15) is 15.3 Å². The molecule has 0 aromatic rings. The van der Waals surface area contributed by atoms with Crippen molar-refractivity contribution in [1.29, 1.82) is 0 Å². The lowest BCUT2D eigenvalue weighted by molar-refractivity contribution is -0.199. The molecule has 1 saturated heterocycles. The highest BCUT2D eigenvalue weighted by Crippen LogP contribution is 2.16. The van der Waals surface area contributed by atoms with E-state index < -0.39 is 24.4 Å². The molecule has 1 rings (SSSR count). The zero-order valence-corrected chi connectivity index (χ0v) is 17.9. The van der Waals surface area contributed by atoms with Crippen LogP contribution in [0.1, 0.15) is 90.4 Å². The van der Waals surface area contributed by atoms with Gasteiger partial charge in [-0.2, -0.15) is 0 Å². The monoisotopic (exact) mass is 400 g/mol. The largest absolute Gasteiger partial charge is 0.388 e. The molecular weight excluding hydrogens is 356 g/mol. The quantitative estimate of drug-likeness (QED) is 0.253. The third kappa shape index (κ3) is 12.2. The van der Waals surface area contributed by atoms with E-state index >= 15 is 0 Å². The molecular formula is C23H44O5. The van der Waals surface area contributed by atoms with Crippen LogP contribution in [0.5, 0.6) is 0 Å². The van der Waals surface area contributed by atoms with Gasteiger partial charge in [-0.25, -0.2) is 0 Å². The number of hydrogen-bond acceptors (Lipinski definition) is 5. The summed E-state index contributed by atoms with van der Waals surface area (Å²) in [5.74, 6) is 0. The summed E-state index contributed by atoms with van der Waals surface area (Å²) in [5.41, 5.74) is 0. The molecule has 0 aromatic heterocycles. The number of ether oxygens (including phenoxy) is 2. The van der Waals surface area contributed by atoms with Crippen molar-refractivity contribution in [2.45, 2.75) is 115 Å². The van der Waals surface area contributed by atoms with Crippen molar-refractivity contribution in [3.05, 3.63) is 12.2 Å². The second kappa shape index (κ2) is 17.4. The van der Waals surface area contributed by atoms with Crippen LogP contribution in [-0.2, 0) is 9.47 Å². The highest BCUT2D eigenvalue weighted by atomic mass is 16.6. The van der Waals surface area contributed by atoms with E-state index in [-0.39, 0.29) is 13.2 Å². The average Bonchev–Trinajstić information content (AvgIpc) is 2.70. The summed E-state index contributed by atoms with van der Waals surface area (Å²) in [5, 5.41) is 28.8. The minimum Gasteiger partial charge on any atom is -0.388 e. The zero-order chi connectivity index (χ0) is 20.5. The predicted molar refractivity (Wildman–Crippen MR) is 113 cm³/mol. The van der Waals surface area contributed by atoms with Crippen LogP contribution >= 0.6 is 0 Å². The summed E-state index contributed by atoms with van der Waals surface area (Å²) >= 11 is 0. The molecule has 0 aliphatic carbocycles. The molecule has 1 heterocycles. The molecule has 0 saturated carbocycles. The second-order valence-electron chi connectivity index (χ2n) is 8.08. The van der Waals surface area contributed by atoms with Crippen molar-refractivity contribution < 1.29 is 24.8 Å². The van der Waals surface area contributed by atoms with Crippen molar-refractivity contribution >= 4 is 0 Å². The molecule has 0 bridgehead atoms. The van der Waals surface area contributed by atoms with Crippen molar-refractivity contribution in [1.82, 2.24) is 0 Å². The molecule has 0 unspecified atom stereocenters. The van der Waals surface area contributed by atoms with E-state index in [0.29, 0.717) is 6.61 Å².